The van der Waals surface area contributed by atoms with E-state index in [0.29, 0.717) is 5.69 Å². The van der Waals surface area contributed by atoms with Crippen molar-refractivity contribution in [3.8, 4) is 0 Å². The molecule has 0 aliphatic carbocycles. The fraction of sp³-hybridized carbons (Fsp3) is 0.316. The molecular weight excluding hydrogens is 435 g/mol. The highest BCUT2D eigenvalue weighted by Gasteiger charge is 2.38. The molecule has 2 rings (SSSR count). The minimum atomic E-state index is -5.08. The highest BCUT2D eigenvalue weighted by Crippen LogP contribution is 2.13. The van der Waals surface area contributed by atoms with Gasteiger partial charge in [0, 0.05) is 31.7 Å². The molecule has 13 heteroatoms. The number of imidazole rings is 1. The molecule has 1 heterocycles. The number of amides is 3. The zero-order valence-electron chi connectivity index (χ0n) is 16.8. The van der Waals surface area contributed by atoms with Gasteiger partial charge in [-0.1, -0.05) is 30.3 Å². The van der Waals surface area contributed by atoms with Crippen LogP contribution in [0.4, 0.5) is 13.2 Å². The van der Waals surface area contributed by atoms with Crippen LogP contribution in [0.15, 0.2) is 42.9 Å². The van der Waals surface area contributed by atoms with Gasteiger partial charge in [-0.05, 0) is 5.56 Å². The number of nitrogens with zero attached hydrogens (tertiary/aromatic N) is 1. The molecule has 0 aliphatic rings. The van der Waals surface area contributed by atoms with E-state index < -0.39 is 36.0 Å². The maximum Gasteiger partial charge on any atom is 0.490 e. The van der Waals surface area contributed by atoms with Crippen LogP contribution in [0.5, 0.6) is 0 Å². The van der Waals surface area contributed by atoms with Crippen molar-refractivity contribution in [2.45, 2.75) is 38.0 Å². The third kappa shape index (κ3) is 9.73. The number of rotatable bonds is 8. The second kappa shape index (κ2) is 12.1. The number of aromatic nitrogens is 2. The Labute approximate surface area is 180 Å². The SMILES string of the molecule is CC(=O)N[C@H](Cc1cnc[nH]1)C(=O)N[C@@H](Cc1ccccc1)C(N)=O.O=C(O)C(F)(F)F. The number of aromatic amines is 1. The molecule has 1 aromatic carbocycles. The number of carbonyl (C=O) groups excluding carboxylic acids is 3. The Kier molecular flexibility index (Phi) is 9.86. The first-order chi connectivity index (χ1) is 14.9. The lowest BCUT2D eigenvalue weighted by atomic mass is 10.0. The molecule has 0 fully saturated rings. The van der Waals surface area contributed by atoms with Crippen LogP contribution in [0.1, 0.15) is 18.2 Å². The summed E-state index contributed by atoms with van der Waals surface area (Å²) in [5.74, 6) is -4.23. The normalized spacial score (nSPS) is 12.5. The second-order valence-corrected chi connectivity index (χ2v) is 6.49. The highest BCUT2D eigenvalue weighted by atomic mass is 19.4. The maximum absolute atomic E-state index is 12.5. The number of nitrogens with two attached hydrogens (primary N) is 1. The van der Waals surface area contributed by atoms with E-state index in [9.17, 15) is 27.6 Å². The van der Waals surface area contributed by atoms with E-state index in [2.05, 4.69) is 20.6 Å². The smallest absolute Gasteiger partial charge is 0.475 e. The van der Waals surface area contributed by atoms with E-state index >= 15 is 0 Å². The summed E-state index contributed by atoms with van der Waals surface area (Å²) in [5, 5.41) is 12.3. The number of carboxylic acids is 1. The largest absolute Gasteiger partial charge is 0.490 e. The van der Waals surface area contributed by atoms with E-state index in [4.69, 9.17) is 15.6 Å². The summed E-state index contributed by atoms with van der Waals surface area (Å²) >= 11 is 0. The van der Waals surface area contributed by atoms with Crippen molar-refractivity contribution in [3.05, 3.63) is 54.1 Å². The number of benzene rings is 1. The van der Waals surface area contributed by atoms with Crippen molar-refractivity contribution < 1.29 is 37.5 Å². The molecule has 2 atom stereocenters. The first kappa shape index (κ1) is 26.1. The third-order valence-electron chi connectivity index (χ3n) is 3.86. The van der Waals surface area contributed by atoms with Crippen LogP contribution in [0.3, 0.4) is 0 Å². The molecule has 1 aromatic heterocycles. The van der Waals surface area contributed by atoms with Gasteiger partial charge in [0.05, 0.1) is 6.33 Å². The van der Waals surface area contributed by atoms with Gasteiger partial charge in [0.1, 0.15) is 12.1 Å². The predicted molar refractivity (Wildman–Crippen MR) is 105 cm³/mol. The molecule has 6 N–H and O–H groups in total. The van der Waals surface area contributed by atoms with Crippen LogP contribution in [-0.2, 0) is 32.0 Å². The van der Waals surface area contributed by atoms with Crippen LogP contribution in [0.2, 0.25) is 0 Å². The zero-order chi connectivity index (χ0) is 24.3. The molecule has 0 unspecified atom stereocenters. The summed E-state index contributed by atoms with van der Waals surface area (Å²) in [6.07, 6.45) is -1.53. The summed E-state index contributed by atoms with van der Waals surface area (Å²) in [7, 11) is 0. The maximum atomic E-state index is 12.5. The first-order valence-electron chi connectivity index (χ1n) is 9.08. The average Bonchev–Trinajstić information content (AvgIpc) is 3.20. The topological polar surface area (TPSA) is 167 Å². The minimum Gasteiger partial charge on any atom is -0.475 e. The van der Waals surface area contributed by atoms with Gasteiger partial charge in [-0.2, -0.15) is 13.2 Å². The van der Waals surface area contributed by atoms with Gasteiger partial charge < -0.3 is 26.5 Å². The summed E-state index contributed by atoms with van der Waals surface area (Å²) < 4.78 is 31.7. The molecule has 0 aliphatic heterocycles. The lowest BCUT2D eigenvalue weighted by molar-refractivity contribution is -0.192. The Bertz CT molecular complexity index is 904. The highest BCUT2D eigenvalue weighted by molar-refractivity contribution is 5.91. The number of nitrogens with one attached hydrogen (secondary N) is 3. The first-order valence-corrected chi connectivity index (χ1v) is 9.08. The number of halogens is 3. The number of hydrogen-bond donors (Lipinski definition) is 5. The third-order valence-corrected chi connectivity index (χ3v) is 3.86. The van der Waals surface area contributed by atoms with E-state index in [-0.39, 0.29) is 18.7 Å². The number of H-pyrrole nitrogens is 1. The summed E-state index contributed by atoms with van der Waals surface area (Å²) in [4.78, 5) is 51.3. The predicted octanol–water partition coefficient (Wildman–Crippen LogP) is 0.303. The van der Waals surface area contributed by atoms with Crippen LogP contribution in [-0.4, -0.2) is 57.0 Å². The Morgan fingerprint density at radius 2 is 1.69 bits per heavy atom. The van der Waals surface area contributed by atoms with E-state index in [0.717, 1.165) is 5.56 Å². The van der Waals surface area contributed by atoms with Crippen molar-refractivity contribution in [1.82, 2.24) is 20.6 Å². The molecule has 0 spiro atoms. The van der Waals surface area contributed by atoms with Gasteiger partial charge >= 0.3 is 12.1 Å². The van der Waals surface area contributed by atoms with Crippen LogP contribution >= 0.6 is 0 Å². The Balaban J connectivity index is 0.000000633. The van der Waals surface area contributed by atoms with Crippen molar-refractivity contribution in [1.29, 1.82) is 0 Å². The molecule has 10 nitrogen and oxygen atoms in total. The fourth-order valence-corrected chi connectivity index (χ4v) is 2.42. The molecule has 32 heavy (non-hydrogen) atoms. The summed E-state index contributed by atoms with van der Waals surface area (Å²) in [6, 6.07) is 7.53. The molecule has 0 saturated heterocycles. The number of carbonyl (C=O) groups is 4. The van der Waals surface area contributed by atoms with Gasteiger partial charge in [-0.15, -0.1) is 0 Å². The zero-order valence-corrected chi connectivity index (χ0v) is 16.8. The molecule has 174 valence electrons. The van der Waals surface area contributed by atoms with Gasteiger partial charge in [0.2, 0.25) is 17.7 Å². The molecule has 0 saturated carbocycles. The van der Waals surface area contributed by atoms with Gasteiger partial charge in [0.15, 0.2) is 0 Å². The molecule has 0 radical (unpaired) electrons. The fourth-order valence-electron chi connectivity index (χ4n) is 2.42. The van der Waals surface area contributed by atoms with Crippen molar-refractivity contribution >= 4 is 23.7 Å². The number of hydrogen-bond acceptors (Lipinski definition) is 5. The lowest BCUT2D eigenvalue weighted by Crippen LogP contribution is -2.54. The summed E-state index contributed by atoms with van der Waals surface area (Å²) in [5.41, 5.74) is 6.97. The summed E-state index contributed by atoms with van der Waals surface area (Å²) in [6.45, 7) is 1.32. The molecule has 3 amide bonds. The van der Waals surface area contributed by atoms with Crippen LogP contribution in [0.25, 0.3) is 0 Å². The minimum absolute atomic E-state index is 0.224. The van der Waals surface area contributed by atoms with Crippen molar-refractivity contribution in [3.63, 3.8) is 0 Å². The standard InChI is InChI=1S/C17H21N5O3.C2HF3O2/c1-11(23)21-15(8-13-9-19-10-20-13)17(25)22-14(16(18)24)7-12-5-3-2-4-6-12;3-2(4,5)1(6)7/h2-6,9-10,14-15H,7-8H2,1H3,(H2,18,24)(H,19,20)(H,21,23)(H,22,25);(H,6,7)/t14-,15+;/m0./s1. The Morgan fingerprint density at radius 3 is 2.12 bits per heavy atom. The number of carboxylic acid groups (broad SMARTS) is 1. The quantitative estimate of drug-likeness (QED) is 0.382. The molecular formula is C19H22F3N5O5. The van der Waals surface area contributed by atoms with Gasteiger partial charge in [-0.3, -0.25) is 14.4 Å². The monoisotopic (exact) mass is 457 g/mol. The number of aliphatic carboxylic acids is 1. The second-order valence-electron chi connectivity index (χ2n) is 6.49. The van der Waals surface area contributed by atoms with Gasteiger partial charge in [0.25, 0.3) is 0 Å². The van der Waals surface area contributed by atoms with E-state index in [1.165, 1.54) is 13.3 Å². The van der Waals surface area contributed by atoms with E-state index in [1.54, 1.807) is 6.20 Å². The van der Waals surface area contributed by atoms with Crippen LogP contribution in [0, 0.1) is 0 Å². The van der Waals surface area contributed by atoms with Crippen molar-refractivity contribution in [2.75, 3.05) is 0 Å². The lowest BCUT2D eigenvalue weighted by Gasteiger charge is -2.21. The van der Waals surface area contributed by atoms with E-state index in [1.807, 2.05) is 30.3 Å². The van der Waals surface area contributed by atoms with Gasteiger partial charge in [-0.25, -0.2) is 9.78 Å². The number of primary amides is 1. The molecule has 0 bridgehead atoms. The van der Waals surface area contributed by atoms with Crippen LogP contribution < -0.4 is 16.4 Å². The average molecular weight is 457 g/mol. The Hall–Kier alpha value is -3.90. The van der Waals surface area contributed by atoms with Crippen molar-refractivity contribution in [2.24, 2.45) is 5.73 Å². The number of alkyl halides is 3. The molecule has 2 aromatic rings. The Morgan fingerprint density at radius 1 is 1.09 bits per heavy atom.